The van der Waals surface area contributed by atoms with Gasteiger partial charge in [0.2, 0.25) is 0 Å². The maximum Gasteiger partial charge on any atom is 0.382 e. The zero-order chi connectivity index (χ0) is 13.9. The molecule has 0 heterocycles. The van der Waals surface area contributed by atoms with Gasteiger partial charge in [-0.3, -0.25) is 0 Å². The third kappa shape index (κ3) is 9.84. The summed E-state index contributed by atoms with van der Waals surface area (Å²) >= 11 is 0. The molecule has 0 saturated carbocycles. The van der Waals surface area contributed by atoms with Gasteiger partial charge in [0.25, 0.3) is 0 Å². The molecule has 0 aliphatic rings. The van der Waals surface area contributed by atoms with E-state index in [9.17, 15) is 14.7 Å². The summed E-state index contributed by atoms with van der Waals surface area (Å²) in [6.07, 6.45) is 5.82. The molecule has 0 saturated heterocycles. The molecule has 0 spiro atoms. The Morgan fingerprint density at radius 2 is 1.35 bits per heavy atom. The van der Waals surface area contributed by atoms with E-state index in [1.807, 2.05) is 0 Å². The average molecular weight is 260 g/mol. The van der Waals surface area contributed by atoms with Crippen molar-refractivity contribution in [1.82, 2.24) is 0 Å². The number of aliphatic carboxylic acids is 2. The number of carbonyl (C=O) groups excluding carboxylic acids is 1. The molecule has 98 valence electrons. The topological polar surface area (TPSA) is 77.4 Å². The van der Waals surface area contributed by atoms with Crippen LogP contribution in [0.25, 0.3) is 0 Å². The molecule has 0 aromatic rings. The van der Waals surface area contributed by atoms with E-state index in [1.54, 1.807) is 0 Å². The molecule has 0 atom stereocenters. The number of carboxylic acid groups (broad SMARTS) is 2. The van der Waals surface area contributed by atoms with E-state index in [0.29, 0.717) is 0 Å². The van der Waals surface area contributed by atoms with E-state index in [2.05, 4.69) is 27.7 Å². The summed E-state index contributed by atoms with van der Waals surface area (Å²) in [5, 5.41) is 17.1. The molecule has 0 aromatic carbocycles. The summed E-state index contributed by atoms with van der Waals surface area (Å²) in [5.74, 6) is -0.515. The molecule has 0 bridgehead atoms. The van der Waals surface area contributed by atoms with Crippen LogP contribution in [0.4, 0.5) is 0 Å². The van der Waals surface area contributed by atoms with Crippen LogP contribution in [-0.4, -0.2) is 41.7 Å². The van der Waals surface area contributed by atoms with Crippen LogP contribution < -0.4 is 5.11 Å². The van der Waals surface area contributed by atoms with E-state index >= 15 is 0 Å². The number of carboxylic acids is 2. The zero-order valence-corrected chi connectivity index (χ0v) is 11.8. The van der Waals surface area contributed by atoms with Crippen LogP contribution >= 0.6 is 7.26 Å². The van der Waals surface area contributed by atoms with Crippen molar-refractivity contribution < 1.29 is 19.8 Å². The average Bonchev–Trinajstić information content (AvgIpc) is 2.31. The molecular weight excluding hydrogens is 239 g/mol. The normalized spacial score (nSPS) is 9.41. The zero-order valence-electron chi connectivity index (χ0n) is 10.9. The molecule has 0 radical (unpaired) electrons. The molecule has 4 nitrogen and oxygen atoms in total. The summed E-state index contributed by atoms with van der Waals surface area (Å²) in [7, 11) is -0.420. The molecule has 17 heavy (non-hydrogen) atoms. The molecule has 0 aliphatic carbocycles. The van der Waals surface area contributed by atoms with Gasteiger partial charge in [0, 0.05) is 13.2 Å². The van der Waals surface area contributed by atoms with Crippen LogP contribution in [0.2, 0.25) is 0 Å². The van der Waals surface area contributed by atoms with E-state index in [1.165, 1.54) is 36.5 Å². The third-order valence-electron chi connectivity index (χ3n) is 2.95. The minimum absolute atomic E-state index is 0.420. The highest BCUT2D eigenvalue weighted by molar-refractivity contribution is 7.75. The number of hydrogen-bond acceptors (Lipinski definition) is 3. The Hall–Kier alpha value is -1.07. The quantitative estimate of drug-likeness (QED) is 0.602. The SMILES string of the molecule is CC[P+](CC)(CC)CC.O=C([O-])C#CC(=O)O. The molecule has 0 aliphatic heterocycles. The minimum atomic E-state index is -1.69. The predicted octanol–water partition coefficient (Wildman–Crippen LogP) is 0.908. The van der Waals surface area contributed by atoms with E-state index < -0.39 is 19.2 Å². The van der Waals surface area contributed by atoms with Gasteiger partial charge in [-0.2, -0.15) is 0 Å². The highest BCUT2D eigenvalue weighted by Gasteiger charge is 2.27. The van der Waals surface area contributed by atoms with Crippen molar-refractivity contribution >= 4 is 19.2 Å². The van der Waals surface area contributed by atoms with Gasteiger partial charge in [-0.25, -0.2) is 4.79 Å². The van der Waals surface area contributed by atoms with Gasteiger partial charge in [-0.05, 0) is 33.6 Å². The van der Waals surface area contributed by atoms with Gasteiger partial charge in [-0.15, -0.1) is 0 Å². The lowest BCUT2D eigenvalue weighted by atomic mass is 10.6. The van der Waals surface area contributed by atoms with Crippen LogP contribution in [0, 0.1) is 11.8 Å². The maximum atomic E-state index is 9.44. The fraction of sp³-hybridized carbons (Fsp3) is 0.667. The first-order valence-electron chi connectivity index (χ1n) is 5.68. The van der Waals surface area contributed by atoms with Gasteiger partial charge in [0.1, 0.15) is 5.97 Å². The lowest BCUT2D eigenvalue weighted by Crippen LogP contribution is -2.19. The fourth-order valence-corrected chi connectivity index (χ4v) is 4.13. The Morgan fingerprint density at radius 1 is 1.00 bits per heavy atom. The first-order chi connectivity index (χ1) is 7.87. The number of rotatable bonds is 4. The molecule has 0 amide bonds. The number of hydrogen-bond donors (Lipinski definition) is 1. The molecule has 5 heteroatoms. The van der Waals surface area contributed by atoms with Crippen molar-refractivity contribution in [2.24, 2.45) is 0 Å². The highest BCUT2D eigenvalue weighted by atomic mass is 31.2. The second kappa shape index (κ2) is 10.1. The molecular formula is C12H21O4P. The van der Waals surface area contributed by atoms with Crippen molar-refractivity contribution in [2.75, 3.05) is 24.6 Å². The standard InChI is InChI=1S/C8H20P.C4H2O4/c1-5-9(6-2,7-3)8-4;5-3(6)1-2-4(7)8/h5-8H2,1-4H3;(H,5,6)(H,7,8)/q+1;/p-1. The van der Waals surface area contributed by atoms with E-state index in [4.69, 9.17) is 5.11 Å². The highest BCUT2D eigenvalue weighted by Crippen LogP contribution is 2.57. The van der Waals surface area contributed by atoms with Crippen molar-refractivity contribution in [3.63, 3.8) is 0 Å². The first-order valence-corrected chi connectivity index (χ1v) is 8.21. The summed E-state index contributed by atoms with van der Waals surface area (Å²) in [6, 6.07) is 0. The summed E-state index contributed by atoms with van der Waals surface area (Å²) in [6.45, 7) is 9.41. The lowest BCUT2D eigenvalue weighted by molar-refractivity contribution is -0.295. The fourth-order valence-electron chi connectivity index (χ4n) is 1.45. The molecule has 0 rings (SSSR count). The predicted molar refractivity (Wildman–Crippen MR) is 69.5 cm³/mol. The van der Waals surface area contributed by atoms with Gasteiger partial charge in [0.15, 0.2) is 0 Å². The second-order valence-corrected chi connectivity index (χ2v) is 8.66. The van der Waals surface area contributed by atoms with Crippen LogP contribution in [-0.2, 0) is 9.59 Å². The van der Waals surface area contributed by atoms with Crippen LogP contribution in [0.1, 0.15) is 27.7 Å². The Labute approximate surface area is 104 Å². The van der Waals surface area contributed by atoms with Crippen LogP contribution in [0.15, 0.2) is 0 Å². The van der Waals surface area contributed by atoms with Crippen LogP contribution in [0.5, 0.6) is 0 Å². The van der Waals surface area contributed by atoms with E-state index in [0.717, 1.165) is 0 Å². The van der Waals surface area contributed by atoms with Gasteiger partial charge in [-0.1, -0.05) is 0 Å². The van der Waals surface area contributed by atoms with Gasteiger partial charge < -0.3 is 15.0 Å². The largest absolute Gasteiger partial charge is 0.537 e. The lowest BCUT2D eigenvalue weighted by Gasteiger charge is -2.20. The minimum Gasteiger partial charge on any atom is -0.537 e. The Balaban J connectivity index is 0. The van der Waals surface area contributed by atoms with Crippen molar-refractivity contribution in [2.45, 2.75) is 27.7 Å². The van der Waals surface area contributed by atoms with Gasteiger partial charge in [0.05, 0.1) is 24.6 Å². The molecule has 0 aromatic heterocycles. The summed E-state index contributed by atoms with van der Waals surface area (Å²) in [5.41, 5.74) is 0. The Bertz CT molecular complexity index is 262. The number of carbonyl (C=O) groups is 2. The Morgan fingerprint density at radius 3 is 1.41 bits per heavy atom. The third-order valence-corrected chi connectivity index (χ3v) is 8.32. The van der Waals surface area contributed by atoms with Crippen molar-refractivity contribution in [1.29, 1.82) is 0 Å². The molecule has 0 unspecified atom stereocenters. The first kappa shape index (κ1) is 18.3. The second-order valence-electron chi connectivity index (χ2n) is 3.45. The van der Waals surface area contributed by atoms with Crippen molar-refractivity contribution in [3.05, 3.63) is 0 Å². The maximum absolute atomic E-state index is 9.44. The molecule has 0 fully saturated rings. The van der Waals surface area contributed by atoms with Crippen molar-refractivity contribution in [3.8, 4) is 11.8 Å². The monoisotopic (exact) mass is 260 g/mol. The molecule has 1 N–H and O–H groups in total. The summed E-state index contributed by atoms with van der Waals surface area (Å²) < 4.78 is 0. The summed E-state index contributed by atoms with van der Waals surface area (Å²) in [4.78, 5) is 18.8. The van der Waals surface area contributed by atoms with Gasteiger partial charge >= 0.3 is 5.97 Å². The smallest absolute Gasteiger partial charge is 0.382 e. The van der Waals surface area contributed by atoms with Crippen LogP contribution in [0.3, 0.4) is 0 Å². The Kier molecular flexibility index (Phi) is 10.9. The van der Waals surface area contributed by atoms with E-state index in [-0.39, 0.29) is 0 Å².